The van der Waals surface area contributed by atoms with Gasteiger partial charge >= 0.3 is 0 Å². The molecule has 1 aromatic heterocycles. The highest BCUT2D eigenvalue weighted by molar-refractivity contribution is 7.84. The maximum Gasteiger partial charge on any atom is 0.254 e. The zero-order chi connectivity index (χ0) is 28.4. The molecule has 0 radical (unpaired) electrons. The molecule has 0 fully saturated rings. The molecular formula is C30H29FN4O4S. The van der Waals surface area contributed by atoms with E-state index in [0.717, 1.165) is 27.9 Å². The summed E-state index contributed by atoms with van der Waals surface area (Å²) in [6, 6.07) is 16.8. The fourth-order valence-corrected chi connectivity index (χ4v) is 5.46. The van der Waals surface area contributed by atoms with Crippen molar-refractivity contribution in [3.8, 4) is 28.1 Å². The Morgan fingerprint density at radius 2 is 1.82 bits per heavy atom. The highest BCUT2D eigenvalue weighted by Gasteiger charge is 2.25. The summed E-state index contributed by atoms with van der Waals surface area (Å²) in [5, 5.41) is 2.63. The molecule has 0 spiro atoms. The van der Waals surface area contributed by atoms with Gasteiger partial charge in [0.2, 0.25) is 11.9 Å². The lowest BCUT2D eigenvalue weighted by Crippen LogP contribution is -2.33. The molecule has 2 amide bonds. The second kappa shape index (κ2) is 11.4. The quantitative estimate of drug-likeness (QED) is 0.338. The van der Waals surface area contributed by atoms with Crippen molar-refractivity contribution in [3.63, 3.8) is 0 Å². The fraction of sp³-hybridized carbons (Fsp3) is 0.233. The number of halogens is 1. The number of carbonyl (C=O) groups is 2. The lowest BCUT2D eigenvalue weighted by atomic mass is 10.00. The summed E-state index contributed by atoms with van der Waals surface area (Å²) in [5.74, 6) is 0.0361. The molecule has 0 saturated carbocycles. The molecular weight excluding hydrogens is 531 g/mol. The topological polar surface area (TPSA) is 104 Å². The van der Waals surface area contributed by atoms with Crippen LogP contribution in [0.4, 0.5) is 10.3 Å². The van der Waals surface area contributed by atoms with Gasteiger partial charge in [0.1, 0.15) is 18.2 Å². The number of H-pyrrole nitrogens is 1. The van der Waals surface area contributed by atoms with Crippen LogP contribution in [-0.2, 0) is 28.6 Å². The third-order valence-corrected chi connectivity index (χ3v) is 7.76. The summed E-state index contributed by atoms with van der Waals surface area (Å²) in [6.45, 7) is 4.19. The average Bonchev–Trinajstić information content (AvgIpc) is 3.29. The zero-order valence-electron chi connectivity index (χ0n) is 22.4. The van der Waals surface area contributed by atoms with E-state index in [4.69, 9.17) is 4.74 Å². The standard InChI is InChI=1S/C30H29FN4O4S/c1-4-23-24(10-12-27(28(23)31)40(3)38)29(37)35-13-14-39-26-11-9-21(15-22(26)17-35)19-5-7-20(8-6-19)25-16-32-30(34-25)33-18(2)36/h5-12,15-16H,4,13-14,17H2,1-3H3,(H2,32,33,34,36). The van der Waals surface area contributed by atoms with E-state index in [1.54, 1.807) is 24.1 Å². The molecule has 1 aliphatic heterocycles. The molecule has 2 N–H and O–H groups in total. The number of anilines is 1. The Labute approximate surface area is 234 Å². The first-order chi connectivity index (χ1) is 19.2. The number of hydrogen-bond acceptors (Lipinski definition) is 5. The first-order valence-electron chi connectivity index (χ1n) is 12.9. The predicted octanol–water partition coefficient (Wildman–Crippen LogP) is 5.18. The summed E-state index contributed by atoms with van der Waals surface area (Å²) in [7, 11) is -1.49. The third-order valence-electron chi connectivity index (χ3n) is 6.83. The van der Waals surface area contributed by atoms with Gasteiger partial charge in [-0.2, -0.15) is 0 Å². The predicted molar refractivity (Wildman–Crippen MR) is 152 cm³/mol. The molecule has 8 nitrogen and oxygen atoms in total. The second-order valence-electron chi connectivity index (χ2n) is 9.51. The molecule has 40 heavy (non-hydrogen) atoms. The van der Waals surface area contributed by atoms with Crippen LogP contribution in [0.2, 0.25) is 0 Å². The van der Waals surface area contributed by atoms with E-state index >= 15 is 4.39 Å². The van der Waals surface area contributed by atoms with E-state index in [2.05, 4.69) is 15.3 Å². The Morgan fingerprint density at radius 1 is 1.10 bits per heavy atom. The summed E-state index contributed by atoms with van der Waals surface area (Å²) in [4.78, 5) is 33.9. The van der Waals surface area contributed by atoms with Crippen LogP contribution in [0.3, 0.4) is 0 Å². The number of nitrogens with one attached hydrogen (secondary N) is 2. The van der Waals surface area contributed by atoms with E-state index < -0.39 is 16.6 Å². The summed E-state index contributed by atoms with van der Waals surface area (Å²) < 4.78 is 32.9. The fourth-order valence-electron chi connectivity index (χ4n) is 4.83. The Kier molecular flexibility index (Phi) is 7.79. The third kappa shape index (κ3) is 5.53. The van der Waals surface area contributed by atoms with Crippen LogP contribution in [-0.4, -0.2) is 50.3 Å². The van der Waals surface area contributed by atoms with E-state index in [-0.39, 0.29) is 27.8 Å². The van der Waals surface area contributed by atoms with Gasteiger partial charge in [0, 0.05) is 36.4 Å². The van der Waals surface area contributed by atoms with Crippen molar-refractivity contribution in [2.75, 3.05) is 24.7 Å². The zero-order valence-corrected chi connectivity index (χ0v) is 23.2. The van der Waals surface area contributed by atoms with Gasteiger partial charge in [0.25, 0.3) is 5.91 Å². The molecule has 1 aliphatic rings. The highest BCUT2D eigenvalue weighted by Crippen LogP contribution is 2.32. The molecule has 206 valence electrons. The van der Waals surface area contributed by atoms with Gasteiger partial charge in [0.05, 0.1) is 34.1 Å². The van der Waals surface area contributed by atoms with Crippen molar-refractivity contribution in [1.29, 1.82) is 0 Å². The molecule has 1 atom stereocenters. The number of hydrogen-bond donors (Lipinski definition) is 2. The van der Waals surface area contributed by atoms with Crippen LogP contribution in [0.25, 0.3) is 22.4 Å². The second-order valence-corrected chi connectivity index (χ2v) is 10.9. The maximum atomic E-state index is 15.0. The number of benzene rings is 3. The van der Waals surface area contributed by atoms with Gasteiger partial charge in [-0.15, -0.1) is 0 Å². The van der Waals surface area contributed by atoms with Crippen molar-refractivity contribution in [2.24, 2.45) is 0 Å². The van der Waals surface area contributed by atoms with Crippen LogP contribution < -0.4 is 10.1 Å². The number of nitrogens with zero attached hydrogens (tertiary/aromatic N) is 2. The number of aromatic nitrogens is 2. The molecule has 1 unspecified atom stereocenters. The van der Waals surface area contributed by atoms with Crippen LogP contribution >= 0.6 is 0 Å². The highest BCUT2D eigenvalue weighted by atomic mass is 32.2. The summed E-state index contributed by atoms with van der Waals surface area (Å²) in [6.07, 6.45) is 3.40. The summed E-state index contributed by atoms with van der Waals surface area (Å²) >= 11 is 0. The maximum absolute atomic E-state index is 15.0. The van der Waals surface area contributed by atoms with Crippen LogP contribution in [0.1, 0.15) is 35.3 Å². The van der Waals surface area contributed by atoms with Crippen molar-refractivity contribution in [3.05, 3.63) is 83.3 Å². The minimum atomic E-state index is -1.49. The van der Waals surface area contributed by atoms with Crippen LogP contribution in [0.5, 0.6) is 5.75 Å². The number of ether oxygens (including phenoxy) is 1. The van der Waals surface area contributed by atoms with Crippen molar-refractivity contribution < 1.29 is 22.9 Å². The number of carbonyl (C=O) groups excluding carboxylic acids is 2. The SMILES string of the molecule is CCc1c(C(=O)N2CCOc3ccc(-c4ccc(-c5cnc(NC(C)=O)[nH]5)cc4)cc3C2)ccc(S(C)=O)c1F. The van der Waals surface area contributed by atoms with Crippen molar-refractivity contribution in [2.45, 2.75) is 31.7 Å². The van der Waals surface area contributed by atoms with Gasteiger partial charge < -0.3 is 14.6 Å². The molecule has 0 saturated heterocycles. The van der Waals surface area contributed by atoms with Gasteiger partial charge in [-0.05, 0) is 47.4 Å². The normalized spacial score (nSPS) is 13.7. The minimum Gasteiger partial charge on any atom is -0.491 e. The minimum absolute atomic E-state index is 0.106. The van der Waals surface area contributed by atoms with E-state index in [9.17, 15) is 13.8 Å². The molecule has 2 heterocycles. The van der Waals surface area contributed by atoms with Crippen LogP contribution in [0.15, 0.2) is 65.7 Å². The molecule has 5 rings (SSSR count). The lowest BCUT2D eigenvalue weighted by Gasteiger charge is -2.22. The molecule has 0 aliphatic carbocycles. The Bertz CT molecular complexity index is 1620. The first kappa shape index (κ1) is 27.3. The van der Waals surface area contributed by atoms with Crippen molar-refractivity contribution >= 4 is 28.6 Å². The number of amides is 2. The molecule has 4 aromatic rings. The van der Waals surface area contributed by atoms with Crippen molar-refractivity contribution in [1.82, 2.24) is 14.9 Å². The largest absolute Gasteiger partial charge is 0.491 e. The Balaban J connectivity index is 1.39. The molecule has 10 heteroatoms. The number of fused-ring (bicyclic) bond motifs is 1. The smallest absolute Gasteiger partial charge is 0.254 e. The lowest BCUT2D eigenvalue weighted by molar-refractivity contribution is -0.114. The van der Waals surface area contributed by atoms with Gasteiger partial charge in [0.15, 0.2) is 0 Å². The number of aromatic amines is 1. The number of rotatable bonds is 6. The summed E-state index contributed by atoms with van der Waals surface area (Å²) in [5.41, 5.74) is 5.05. The first-order valence-corrected chi connectivity index (χ1v) is 14.4. The molecule has 0 bridgehead atoms. The Hall–Kier alpha value is -4.31. The van der Waals surface area contributed by atoms with Gasteiger partial charge in [-0.25, -0.2) is 9.37 Å². The monoisotopic (exact) mass is 560 g/mol. The van der Waals surface area contributed by atoms with E-state index in [1.165, 1.54) is 19.2 Å². The molecule has 3 aromatic carbocycles. The van der Waals surface area contributed by atoms with Gasteiger partial charge in [-0.3, -0.25) is 19.1 Å². The van der Waals surface area contributed by atoms with Crippen LogP contribution in [0, 0.1) is 5.82 Å². The van der Waals surface area contributed by atoms with E-state index in [1.807, 2.05) is 42.5 Å². The average molecular weight is 561 g/mol. The Morgan fingerprint density at radius 3 is 2.52 bits per heavy atom. The number of imidazole rings is 1. The van der Waals surface area contributed by atoms with E-state index in [0.29, 0.717) is 37.8 Å². The van der Waals surface area contributed by atoms with Gasteiger partial charge in [-0.1, -0.05) is 37.3 Å².